The second kappa shape index (κ2) is 17.6. The Balaban J connectivity index is 0.000000471. The van der Waals surface area contributed by atoms with Crippen molar-refractivity contribution in [1.29, 1.82) is 0 Å². The number of nitrogens with zero attached hydrogens (tertiary/aromatic N) is 4. The largest absolute Gasteiger partial charge is 0.472 e. The van der Waals surface area contributed by atoms with Crippen molar-refractivity contribution >= 4 is 46.4 Å². The van der Waals surface area contributed by atoms with Gasteiger partial charge in [0.25, 0.3) is 11.8 Å². The summed E-state index contributed by atoms with van der Waals surface area (Å²) in [7, 11) is 5.83. The minimum absolute atomic E-state index is 0.195. The third-order valence-electron chi connectivity index (χ3n) is 4.66. The number of allylic oxidation sites excluding steroid dienone is 1. The monoisotopic (exact) mass is 566 g/mol. The zero-order chi connectivity index (χ0) is 28.5. The van der Waals surface area contributed by atoms with Gasteiger partial charge < -0.3 is 25.0 Å². The highest BCUT2D eigenvalue weighted by molar-refractivity contribution is 6.45. The number of halogens is 2. The van der Waals surface area contributed by atoms with Gasteiger partial charge >= 0.3 is 0 Å². The number of benzene rings is 1. The van der Waals surface area contributed by atoms with Gasteiger partial charge in [0, 0.05) is 37.3 Å². The molecule has 2 rings (SSSR count). The normalized spacial score (nSPS) is 12.2. The lowest BCUT2D eigenvalue weighted by molar-refractivity contribution is -0.115. The van der Waals surface area contributed by atoms with Gasteiger partial charge in [0.05, 0.1) is 5.69 Å². The van der Waals surface area contributed by atoms with Crippen molar-refractivity contribution in [3.05, 3.63) is 64.8 Å². The van der Waals surface area contributed by atoms with Gasteiger partial charge in [0.15, 0.2) is 11.4 Å². The third-order valence-corrected chi connectivity index (χ3v) is 5.06. The van der Waals surface area contributed by atoms with Crippen LogP contribution in [-0.2, 0) is 19.3 Å². The van der Waals surface area contributed by atoms with Crippen LogP contribution in [-0.4, -0.2) is 73.8 Å². The van der Waals surface area contributed by atoms with Gasteiger partial charge in [-0.25, -0.2) is 4.68 Å². The van der Waals surface area contributed by atoms with E-state index in [0.717, 1.165) is 5.69 Å². The van der Waals surface area contributed by atoms with E-state index < -0.39 is 0 Å². The van der Waals surface area contributed by atoms with E-state index in [1.165, 1.54) is 28.3 Å². The van der Waals surface area contributed by atoms with Crippen molar-refractivity contribution in [2.45, 2.75) is 13.8 Å². The number of rotatable bonds is 11. The quantitative estimate of drug-likeness (QED) is 0.243. The Morgan fingerprint density at radius 2 is 1.47 bits per heavy atom. The molecule has 0 bridgehead atoms. The van der Waals surface area contributed by atoms with Gasteiger partial charge in [0.2, 0.25) is 5.88 Å². The number of ether oxygens (including phenoxy) is 1. The van der Waals surface area contributed by atoms with Gasteiger partial charge in [-0.3, -0.25) is 9.59 Å². The van der Waals surface area contributed by atoms with Crippen LogP contribution in [0.25, 0.3) is 5.69 Å². The maximum atomic E-state index is 11.7. The van der Waals surface area contributed by atoms with Crippen LogP contribution in [0.3, 0.4) is 0 Å². The van der Waals surface area contributed by atoms with Crippen LogP contribution in [0.15, 0.2) is 70.1 Å². The van der Waals surface area contributed by atoms with Crippen molar-refractivity contribution < 1.29 is 24.0 Å². The molecule has 11 nitrogen and oxygen atoms in total. The second-order valence-electron chi connectivity index (χ2n) is 7.22. The predicted molar refractivity (Wildman–Crippen MR) is 149 cm³/mol. The standard InChI is InChI=1S/C17H19ClN4O3.C8H13ClN2O2/c1-12(16(21-24-3)17(23)19-2)9-11-25-15-8-10-22(20-15)14-6-4-13(18)5-7-14;1-6(4-5-9)7(11-13-3)8(12)10-2/h4-10H,11H2,1-3H3,(H,19,23);4H,5H2,1-3H3,(H,10,12)/b12-9-,21-16+;6-4-,11-7+. The number of hydrogen-bond donors (Lipinski definition) is 2. The highest BCUT2D eigenvalue weighted by atomic mass is 35.5. The summed E-state index contributed by atoms with van der Waals surface area (Å²) in [5, 5.41) is 17.3. The highest BCUT2D eigenvalue weighted by Gasteiger charge is 2.13. The number of carbonyl (C=O) groups excluding carboxylic acids is 2. The molecule has 2 N–H and O–H groups in total. The zero-order valence-corrected chi connectivity index (χ0v) is 23.6. The molecule has 0 aliphatic carbocycles. The minimum Gasteiger partial charge on any atom is -0.472 e. The average Bonchev–Trinajstić information content (AvgIpc) is 3.39. The molecule has 0 radical (unpaired) electrons. The molecule has 0 unspecified atom stereocenters. The Morgan fingerprint density at radius 3 is 1.95 bits per heavy atom. The predicted octanol–water partition coefficient (Wildman–Crippen LogP) is 3.52. The molecule has 38 heavy (non-hydrogen) atoms. The lowest BCUT2D eigenvalue weighted by atomic mass is 10.1. The highest BCUT2D eigenvalue weighted by Crippen LogP contribution is 2.15. The van der Waals surface area contributed by atoms with E-state index in [1.807, 2.05) is 12.1 Å². The molecule has 0 fully saturated rings. The number of hydrogen-bond acceptors (Lipinski definition) is 8. The number of alkyl halides is 1. The fourth-order valence-corrected chi connectivity index (χ4v) is 3.04. The van der Waals surface area contributed by atoms with Crippen molar-refractivity contribution in [3.8, 4) is 11.6 Å². The van der Waals surface area contributed by atoms with Crippen molar-refractivity contribution in [1.82, 2.24) is 20.4 Å². The minimum atomic E-state index is -0.331. The molecule has 1 heterocycles. The molecule has 2 amide bonds. The molecule has 0 atom stereocenters. The topological polar surface area (TPSA) is 128 Å². The molecule has 0 spiro atoms. The smallest absolute Gasteiger partial charge is 0.273 e. The van der Waals surface area contributed by atoms with Gasteiger partial charge in [-0.1, -0.05) is 28.0 Å². The Hall–Kier alpha value is -3.83. The van der Waals surface area contributed by atoms with Gasteiger partial charge in [0.1, 0.15) is 20.8 Å². The Labute approximate surface area is 232 Å². The number of carbonyl (C=O) groups is 2. The summed E-state index contributed by atoms with van der Waals surface area (Å²) in [5.41, 5.74) is 2.64. The van der Waals surface area contributed by atoms with E-state index in [-0.39, 0.29) is 29.8 Å². The van der Waals surface area contributed by atoms with E-state index in [2.05, 4.69) is 30.9 Å². The van der Waals surface area contributed by atoms with Crippen molar-refractivity contribution in [2.75, 3.05) is 40.8 Å². The first-order valence-corrected chi connectivity index (χ1v) is 12.1. The molecule has 206 valence electrons. The Morgan fingerprint density at radius 1 is 0.947 bits per heavy atom. The Bertz CT molecular complexity index is 1170. The van der Waals surface area contributed by atoms with Gasteiger partial charge in [-0.2, -0.15) is 0 Å². The van der Waals surface area contributed by atoms with Crippen LogP contribution >= 0.6 is 23.2 Å². The molecule has 0 saturated carbocycles. The van der Waals surface area contributed by atoms with E-state index in [1.54, 1.807) is 55.1 Å². The fourth-order valence-electron chi connectivity index (χ4n) is 2.69. The summed E-state index contributed by atoms with van der Waals surface area (Å²) in [6.45, 7) is 3.74. The zero-order valence-electron chi connectivity index (χ0n) is 22.1. The SMILES string of the molecule is CNC(=O)C(=N/OC)/C(C)=C\CCl.CNC(=O)C(=N/OC)/C(C)=C\COc1ccn(-c2ccc(Cl)cc2)n1. The van der Waals surface area contributed by atoms with E-state index in [9.17, 15) is 9.59 Å². The van der Waals surface area contributed by atoms with Crippen LogP contribution in [0.2, 0.25) is 5.02 Å². The van der Waals surface area contributed by atoms with E-state index in [4.69, 9.17) is 32.8 Å². The lowest BCUT2D eigenvalue weighted by Gasteiger charge is -2.05. The Kier molecular flexibility index (Phi) is 14.9. The molecule has 1 aromatic heterocycles. The number of oxime groups is 2. The van der Waals surface area contributed by atoms with Gasteiger partial charge in [-0.15, -0.1) is 16.7 Å². The second-order valence-corrected chi connectivity index (χ2v) is 7.96. The third kappa shape index (κ3) is 10.7. The molecule has 0 saturated heterocycles. The van der Waals surface area contributed by atoms with Crippen molar-refractivity contribution in [2.24, 2.45) is 10.3 Å². The van der Waals surface area contributed by atoms with Crippen LogP contribution in [0.1, 0.15) is 13.8 Å². The van der Waals surface area contributed by atoms with Gasteiger partial charge in [-0.05, 0) is 55.3 Å². The maximum absolute atomic E-state index is 11.7. The number of aromatic nitrogens is 2. The molecule has 0 aliphatic rings. The van der Waals surface area contributed by atoms with Crippen LogP contribution < -0.4 is 15.4 Å². The van der Waals surface area contributed by atoms with Crippen LogP contribution in [0.5, 0.6) is 5.88 Å². The summed E-state index contributed by atoms with van der Waals surface area (Å²) < 4.78 is 7.27. The first-order valence-electron chi connectivity index (χ1n) is 11.2. The lowest BCUT2D eigenvalue weighted by Crippen LogP contribution is -2.28. The first-order chi connectivity index (χ1) is 18.2. The summed E-state index contributed by atoms with van der Waals surface area (Å²) in [6.07, 6.45) is 5.21. The summed E-state index contributed by atoms with van der Waals surface area (Å²) >= 11 is 11.4. The van der Waals surface area contributed by atoms with E-state index in [0.29, 0.717) is 27.9 Å². The summed E-state index contributed by atoms with van der Waals surface area (Å²) in [6, 6.07) is 9.06. The molecule has 13 heteroatoms. The summed E-state index contributed by atoms with van der Waals surface area (Å²) in [5.74, 6) is 0.179. The van der Waals surface area contributed by atoms with Crippen molar-refractivity contribution in [3.63, 3.8) is 0 Å². The fraction of sp³-hybridized carbons (Fsp3) is 0.320. The van der Waals surface area contributed by atoms with Crippen LogP contribution in [0, 0.1) is 0 Å². The molecule has 0 aliphatic heterocycles. The number of nitrogens with one attached hydrogen (secondary N) is 2. The van der Waals surface area contributed by atoms with Crippen LogP contribution in [0.4, 0.5) is 0 Å². The molecule has 1 aromatic carbocycles. The van der Waals surface area contributed by atoms with E-state index >= 15 is 0 Å². The maximum Gasteiger partial charge on any atom is 0.273 e. The average molecular weight is 567 g/mol. The summed E-state index contributed by atoms with van der Waals surface area (Å²) in [4.78, 5) is 32.2. The number of amides is 2. The molecule has 2 aromatic rings. The molecular formula is C25H32Cl2N6O5. The first kappa shape index (κ1) is 32.2. The molecular weight excluding hydrogens is 535 g/mol.